The van der Waals surface area contributed by atoms with Crippen LogP contribution in [-0.2, 0) is 16.4 Å². The van der Waals surface area contributed by atoms with Crippen LogP contribution in [0.4, 0.5) is 0 Å². The summed E-state index contributed by atoms with van der Waals surface area (Å²) in [6.45, 7) is 3.68. The molecule has 0 saturated heterocycles. The van der Waals surface area contributed by atoms with Gasteiger partial charge in [-0.15, -0.1) is 5.92 Å². The van der Waals surface area contributed by atoms with Gasteiger partial charge in [-0.2, -0.15) is 12.8 Å². The van der Waals surface area contributed by atoms with Crippen molar-refractivity contribution in [3.63, 3.8) is 0 Å². The van der Waals surface area contributed by atoms with Gasteiger partial charge in [0.1, 0.15) is 0 Å². The molecule has 0 amide bonds. The number of hydrogen-bond donors (Lipinski definition) is 0. The third-order valence-corrected chi connectivity index (χ3v) is 4.41. The Morgan fingerprint density at radius 1 is 1.09 bits per heavy atom. The normalized spacial score (nSPS) is 11.2. The maximum Gasteiger partial charge on any atom is 0.282 e. The van der Waals surface area contributed by atoms with Gasteiger partial charge in [-0.25, -0.2) is 0 Å². The number of hydrogen-bond acceptors (Lipinski definition) is 2. The molecule has 2 aromatic rings. The predicted octanol–water partition coefficient (Wildman–Crippen LogP) is 3.37. The molecule has 0 aliphatic heterocycles. The zero-order valence-corrected chi connectivity index (χ0v) is 13.4. The van der Waals surface area contributed by atoms with Gasteiger partial charge in [-0.1, -0.05) is 47.9 Å². The van der Waals surface area contributed by atoms with Crippen LogP contribution in [0.1, 0.15) is 23.6 Å². The van der Waals surface area contributed by atoms with Crippen molar-refractivity contribution in [2.45, 2.75) is 25.2 Å². The van der Waals surface area contributed by atoms with Crippen molar-refractivity contribution < 1.29 is 8.42 Å². The number of benzene rings is 2. The molecule has 0 atom stereocenters. The monoisotopic (exact) mass is 311 g/mol. The predicted molar refractivity (Wildman–Crippen MR) is 89.6 cm³/mol. The van der Waals surface area contributed by atoms with E-state index in [9.17, 15) is 8.42 Å². The van der Waals surface area contributed by atoms with E-state index in [0.29, 0.717) is 6.42 Å². The molecule has 0 saturated carbocycles. The highest BCUT2D eigenvalue weighted by atomic mass is 32.2. The smallest absolute Gasteiger partial charge is 0.199 e. The molecule has 0 unspecified atom stereocenters. The van der Waals surface area contributed by atoms with Crippen molar-refractivity contribution >= 4 is 16.2 Å². The molecule has 3 nitrogen and oxygen atoms in total. The van der Waals surface area contributed by atoms with Crippen molar-refractivity contribution in [3.8, 4) is 11.8 Å². The summed E-state index contributed by atoms with van der Waals surface area (Å²) < 4.78 is 28.2. The Balaban J connectivity index is 2.31. The van der Waals surface area contributed by atoms with Crippen LogP contribution in [0.5, 0.6) is 0 Å². The van der Waals surface area contributed by atoms with E-state index in [1.807, 2.05) is 31.2 Å². The minimum atomic E-state index is -3.68. The van der Waals surface area contributed by atoms with Crippen LogP contribution in [-0.4, -0.2) is 14.6 Å². The first-order chi connectivity index (χ1) is 10.5. The highest BCUT2D eigenvalue weighted by molar-refractivity contribution is 7.90. The summed E-state index contributed by atoms with van der Waals surface area (Å²) in [5.41, 5.74) is 2.73. The minimum Gasteiger partial charge on any atom is -0.199 e. The molecule has 0 bridgehead atoms. The first-order valence-electron chi connectivity index (χ1n) is 6.87. The summed E-state index contributed by atoms with van der Waals surface area (Å²) in [6.07, 6.45) is 1.96. The van der Waals surface area contributed by atoms with Gasteiger partial charge < -0.3 is 0 Å². The molecular formula is C18H17NO2S. The Kier molecular flexibility index (Phi) is 5.13. The summed E-state index contributed by atoms with van der Waals surface area (Å²) in [4.78, 5) is 0.195. The quantitative estimate of drug-likeness (QED) is 0.642. The second-order valence-electron chi connectivity index (χ2n) is 4.82. The number of sulfonamides is 1. The van der Waals surface area contributed by atoms with Gasteiger partial charge in [-0.05, 0) is 37.1 Å². The lowest BCUT2D eigenvalue weighted by atomic mass is 10.1. The van der Waals surface area contributed by atoms with Gasteiger partial charge in [0, 0.05) is 12.6 Å². The molecule has 0 heterocycles. The third kappa shape index (κ3) is 4.06. The minimum absolute atomic E-state index is 0.195. The molecule has 0 N–H and O–H groups in total. The molecule has 22 heavy (non-hydrogen) atoms. The summed E-state index contributed by atoms with van der Waals surface area (Å²) in [6, 6.07) is 14.2. The standard InChI is InChI=1S/C18H17NO2S/c1-3-4-7-16-8-5-6-9-17(16)14-19-22(20,21)18-12-10-15(2)11-13-18/h5-6,8-14H,7H2,1-2H3/b19-14-. The summed E-state index contributed by atoms with van der Waals surface area (Å²) >= 11 is 0. The molecule has 4 heteroatoms. The van der Waals surface area contributed by atoms with Crippen LogP contribution in [0.15, 0.2) is 57.8 Å². The Bertz CT molecular complexity index is 839. The molecule has 2 aromatic carbocycles. The van der Waals surface area contributed by atoms with Crippen molar-refractivity contribution in [3.05, 3.63) is 65.2 Å². The fourth-order valence-corrected chi connectivity index (χ4v) is 2.76. The SMILES string of the molecule is CC#CCc1ccccc1/C=N\S(=O)(=O)c1ccc(C)cc1. The van der Waals surface area contributed by atoms with Gasteiger partial charge >= 0.3 is 0 Å². The van der Waals surface area contributed by atoms with Gasteiger partial charge in [0.25, 0.3) is 10.0 Å². The average molecular weight is 311 g/mol. The van der Waals surface area contributed by atoms with Gasteiger partial charge in [0.05, 0.1) is 4.90 Å². The second kappa shape index (κ2) is 7.06. The molecule has 0 aromatic heterocycles. The molecule has 0 aliphatic carbocycles. The Morgan fingerprint density at radius 2 is 1.77 bits per heavy atom. The molecular weight excluding hydrogens is 294 g/mol. The van der Waals surface area contributed by atoms with Gasteiger partial charge in [0.2, 0.25) is 0 Å². The van der Waals surface area contributed by atoms with Crippen LogP contribution in [0.2, 0.25) is 0 Å². The van der Waals surface area contributed by atoms with Gasteiger partial charge in [-0.3, -0.25) is 0 Å². The van der Waals surface area contributed by atoms with E-state index in [2.05, 4.69) is 16.2 Å². The van der Waals surface area contributed by atoms with E-state index in [-0.39, 0.29) is 4.90 Å². The largest absolute Gasteiger partial charge is 0.282 e. The Labute approximate surface area is 131 Å². The molecule has 0 spiro atoms. The fourth-order valence-electron chi connectivity index (χ4n) is 1.90. The van der Waals surface area contributed by atoms with E-state index in [0.717, 1.165) is 16.7 Å². The number of aryl methyl sites for hydroxylation is 1. The Hall–Kier alpha value is -2.38. The summed E-state index contributed by atoms with van der Waals surface area (Å²) in [5, 5.41) is 0. The van der Waals surface area contributed by atoms with E-state index in [1.54, 1.807) is 31.2 Å². The van der Waals surface area contributed by atoms with E-state index in [4.69, 9.17) is 0 Å². The number of rotatable bonds is 4. The fraction of sp³-hybridized carbons (Fsp3) is 0.167. The maximum atomic E-state index is 12.2. The molecule has 2 rings (SSSR count). The highest BCUT2D eigenvalue weighted by Gasteiger charge is 2.11. The lowest BCUT2D eigenvalue weighted by molar-refractivity contribution is 0.598. The van der Waals surface area contributed by atoms with Crippen LogP contribution < -0.4 is 0 Å². The van der Waals surface area contributed by atoms with Crippen molar-refractivity contribution in [1.29, 1.82) is 0 Å². The van der Waals surface area contributed by atoms with Crippen molar-refractivity contribution in [2.75, 3.05) is 0 Å². The first-order valence-corrected chi connectivity index (χ1v) is 8.31. The van der Waals surface area contributed by atoms with Gasteiger partial charge in [0.15, 0.2) is 0 Å². The maximum absolute atomic E-state index is 12.2. The van der Waals surface area contributed by atoms with E-state index >= 15 is 0 Å². The van der Waals surface area contributed by atoms with E-state index < -0.39 is 10.0 Å². The topological polar surface area (TPSA) is 46.5 Å². The zero-order chi connectivity index (χ0) is 16.0. The van der Waals surface area contributed by atoms with Crippen LogP contribution in [0.25, 0.3) is 0 Å². The summed E-state index contributed by atoms with van der Waals surface area (Å²) in [5.74, 6) is 5.81. The highest BCUT2D eigenvalue weighted by Crippen LogP contribution is 2.14. The lowest BCUT2D eigenvalue weighted by Gasteiger charge is -2.02. The second-order valence-corrected chi connectivity index (χ2v) is 6.46. The van der Waals surface area contributed by atoms with Crippen LogP contribution >= 0.6 is 0 Å². The van der Waals surface area contributed by atoms with Crippen molar-refractivity contribution in [1.82, 2.24) is 0 Å². The lowest BCUT2D eigenvalue weighted by Crippen LogP contribution is -1.99. The number of nitrogens with zero attached hydrogens (tertiary/aromatic N) is 1. The molecule has 0 fully saturated rings. The molecule has 112 valence electrons. The van der Waals surface area contributed by atoms with Crippen LogP contribution in [0, 0.1) is 18.8 Å². The van der Waals surface area contributed by atoms with E-state index in [1.165, 1.54) is 6.21 Å². The molecule has 0 aliphatic rings. The zero-order valence-electron chi connectivity index (χ0n) is 12.6. The summed E-state index contributed by atoms with van der Waals surface area (Å²) in [7, 11) is -3.68. The Morgan fingerprint density at radius 3 is 2.45 bits per heavy atom. The van der Waals surface area contributed by atoms with Crippen molar-refractivity contribution in [2.24, 2.45) is 4.40 Å². The third-order valence-electron chi connectivity index (χ3n) is 3.16. The average Bonchev–Trinajstić information content (AvgIpc) is 2.52. The van der Waals surface area contributed by atoms with Crippen LogP contribution in [0.3, 0.4) is 0 Å². The molecule has 0 radical (unpaired) electrons. The first kappa shape index (κ1) is 16.0.